The van der Waals surface area contributed by atoms with Crippen LogP contribution in [-0.4, -0.2) is 56.6 Å². The van der Waals surface area contributed by atoms with E-state index in [9.17, 15) is 0 Å². The molecule has 0 aromatic rings. The lowest BCUT2D eigenvalue weighted by Crippen LogP contribution is -2.39. The molecule has 0 saturated carbocycles. The molecule has 2 N–H and O–H groups in total. The summed E-state index contributed by atoms with van der Waals surface area (Å²) in [4.78, 5) is 4.84. The molecular formula is C12H27N3. The zero-order valence-electron chi connectivity index (χ0n) is 10.8. The van der Waals surface area contributed by atoms with Crippen molar-refractivity contribution in [1.82, 2.24) is 9.80 Å². The van der Waals surface area contributed by atoms with Crippen molar-refractivity contribution in [1.29, 1.82) is 0 Å². The molecule has 15 heavy (non-hydrogen) atoms. The van der Waals surface area contributed by atoms with Crippen molar-refractivity contribution in [2.75, 3.05) is 46.8 Å². The van der Waals surface area contributed by atoms with Crippen LogP contribution >= 0.6 is 0 Å². The van der Waals surface area contributed by atoms with E-state index < -0.39 is 0 Å². The number of nitrogens with two attached hydrogens (primary N) is 1. The molecule has 1 aliphatic rings. The van der Waals surface area contributed by atoms with Crippen molar-refractivity contribution in [2.45, 2.75) is 20.3 Å². The van der Waals surface area contributed by atoms with E-state index in [4.69, 9.17) is 5.73 Å². The molecule has 0 aromatic heterocycles. The highest BCUT2D eigenvalue weighted by Gasteiger charge is 2.27. The molecule has 1 aliphatic heterocycles. The number of rotatable bonds is 5. The van der Waals surface area contributed by atoms with Gasteiger partial charge in [-0.3, -0.25) is 0 Å². The van der Waals surface area contributed by atoms with Gasteiger partial charge in [-0.15, -0.1) is 0 Å². The lowest BCUT2D eigenvalue weighted by Gasteiger charge is -2.32. The summed E-state index contributed by atoms with van der Waals surface area (Å²) in [7, 11) is 4.29. The van der Waals surface area contributed by atoms with Gasteiger partial charge in [-0.05, 0) is 44.9 Å². The summed E-state index contributed by atoms with van der Waals surface area (Å²) in [6.45, 7) is 10.3. The first kappa shape index (κ1) is 12.9. The monoisotopic (exact) mass is 213 g/mol. The molecular weight excluding hydrogens is 186 g/mol. The summed E-state index contributed by atoms with van der Waals surface area (Å²) in [6.07, 6.45) is 1.29. The standard InChI is InChI=1S/C12H27N3/c1-12(2,9-14(3)4)10-15-6-5-11(7-13)8-15/h11H,5-10,13H2,1-4H3. The Balaban J connectivity index is 2.34. The predicted molar refractivity (Wildman–Crippen MR) is 65.9 cm³/mol. The highest BCUT2D eigenvalue weighted by atomic mass is 15.2. The van der Waals surface area contributed by atoms with Crippen molar-refractivity contribution in [3.05, 3.63) is 0 Å². The highest BCUT2D eigenvalue weighted by molar-refractivity contribution is 4.82. The summed E-state index contributed by atoms with van der Waals surface area (Å²) >= 11 is 0. The summed E-state index contributed by atoms with van der Waals surface area (Å²) in [5.41, 5.74) is 6.09. The van der Waals surface area contributed by atoms with Crippen molar-refractivity contribution < 1.29 is 0 Å². The normalized spacial score (nSPS) is 24.0. The van der Waals surface area contributed by atoms with Crippen LogP contribution < -0.4 is 5.73 Å². The maximum Gasteiger partial charge on any atom is 0.00450 e. The van der Waals surface area contributed by atoms with Crippen LogP contribution in [0.5, 0.6) is 0 Å². The number of hydrogen-bond donors (Lipinski definition) is 1. The van der Waals surface area contributed by atoms with E-state index in [0.717, 1.165) is 19.0 Å². The van der Waals surface area contributed by atoms with Crippen molar-refractivity contribution in [3.8, 4) is 0 Å². The van der Waals surface area contributed by atoms with Crippen LogP contribution in [0.3, 0.4) is 0 Å². The fourth-order valence-corrected chi connectivity index (χ4v) is 2.76. The average Bonchev–Trinajstić information content (AvgIpc) is 2.48. The van der Waals surface area contributed by atoms with Crippen molar-refractivity contribution in [3.63, 3.8) is 0 Å². The molecule has 3 heteroatoms. The highest BCUT2D eigenvalue weighted by Crippen LogP contribution is 2.22. The van der Waals surface area contributed by atoms with Gasteiger partial charge in [0.15, 0.2) is 0 Å². The molecule has 0 bridgehead atoms. The second kappa shape index (κ2) is 5.28. The van der Waals surface area contributed by atoms with E-state index in [-0.39, 0.29) is 0 Å². The van der Waals surface area contributed by atoms with Crippen molar-refractivity contribution >= 4 is 0 Å². The molecule has 1 heterocycles. The Kier molecular flexibility index (Phi) is 4.56. The van der Waals surface area contributed by atoms with E-state index in [0.29, 0.717) is 5.41 Å². The van der Waals surface area contributed by atoms with Crippen LogP contribution in [0.15, 0.2) is 0 Å². The zero-order chi connectivity index (χ0) is 11.5. The number of nitrogens with zero attached hydrogens (tertiary/aromatic N) is 2. The molecule has 1 saturated heterocycles. The molecule has 0 aliphatic carbocycles. The summed E-state index contributed by atoms with van der Waals surface area (Å²) in [5.74, 6) is 0.736. The van der Waals surface area contributed by atoms with Crippen LogP contribution in [0.2, 0.25) is 0 Å². The number of hydrogen-bond acceptors (Lipinski definition) is 3. The molecule has 0 aromatic carbocycles. The molecule has 1 unspecified atom stereocenters. The quantitative estimate of drug-likeness (QED) is 0.735. The van der Waals surface area contributed by atoms with Gasteiger partial charge in [-0.25, -0.2) is 0 Å². The van der Waals surface area contributed by atoms with Gasteiger partial charge >= 0.3 is 0 Å². The van der Waals surface area contributed by atoms with Gasteiger partial charge in [-0.2, -0.15) is 0 Å². The van der Waals surface area contributed by atoms with Crippen LogP contribution in [0, 0.1) is 11.3 Å². The SMILES string of the molecule is CN(C)CC(C)(C)CN1CCC(CN)C1. The fraction of sp³-hybridized carbons (Fsp3) is 1.00. The van der Waals surface area contributed by atoms with Gasteiger partial charge in [0, 0.05) is 19.6 Å². The Bertz CT molecular complexity index is 189. The van der Waals surface area contributed by atoms with Crippen LogP contribution in [0.4, 0.5) is 0 Å². The second-order valence-corrected chi connectivity index (χ2v) is 6.03. The Morgan fingerprint density at radius 1 is 1.40 bits per heavy atom. The average molecular weight is 213 g/mol. The minimum absolute atomic E-state index is 0.382. The second-order valence-electron chi connectivity index (χ2n) is 6.03. The summed E-state index contributed by atoms with van der Waals surface area (Å²) in [5, 5.41) is 0. The predicted octanol–water partition coefficient (Wildman–Crippen LogP) is 0.855. The minimum Gasteiger partial charge on any atom is -0.330 e. The molecule has 0 spiro atoms. The Labute approximate surface area is 94.6 Å². The zero-order valence-corrected chi connectivity index (χ0v) is 10.8. The number of likely N-dealkylation sites (tertiary alicyclic amines) is 1. The Hall–Kier alpha value is -0.120. The molecule has 1 atom stereocenters. The third kappa shape index (κ3) is 4.49. The van der Waals surface area contributed by atoms with Crippen LogP contribution in [-0.2, 0) is 0 Å². The molecule has 1 rings (SSSR count). The van der Waals surface area contributed by atoms with E-state index in [1.54, 1.807) is 0 Å². The Morgan fingerprint density at radius 3 is 2.53 bits per heavy atom. The van der Waals surface area contributed by atoms with E-state index in [1.165, 1.54) is 26.1 Å². The third-order valence-electron chi connectivity index (χ3n) is 3.10. The van der Waals surface area contributed by atoms with Crippen LogP contribution in [0.1, 0.15) is 20.3 Å². The maximum atomic E-state index is 5.71. The van der Waals surface area contributed by atoms with Gasteiger partial charge in [0.2, 0.25) is 0 Å². The van der Waals surface area contributed by atoms with E-state index in [2.05, 4.69) is 37.7 Å². The van der Waals surface area contributed by atoms with E-state index >= 15 is 0 Å². The molecule has 0 radical (unpaired) electrons. The minimum atomic E-state index is 0.382. The molecule has 1 fully saturated rings. The first-order valence-corrected chi connectivity index (χ1v) is 6.00. The topological polar surface area (TPSA) is 32.5 Å². The maximum absolute atomic E-state index is 5.71. The van der Waals surface area contributed by atoms with Crippen molar-refractivity contribution in [2.24, 2.45) is 17.1 Å². The molecule has 90 valence electrons. The Morgan fingerprint density at radius 2 is 2.07 bits per heavy atom. The largest absolute Gasteiger partial charge is 0.330 e. The summed E-state index contributed by atoms with van der Waals surface area (Å²) < 4.78 is 0. The van der Waals surface area contributed by atoms with Gasteiger partial charge in [-0.1, -0.05) is 13.8 Å². The van der Waals surface area contributed by atoms with Gasteiger partial charge in [0.1, 0.15) is 0 Å². The lowest BCUT2D eigenvalue weighted by molar-refractivity contribution is 0.161. The van der Waals surface area contributed by atoms with Crippen LogP contribution in [0.25, 0.3) is 0 Å². The fourth-order valence-electron chi connectivity index (χ4n) is 2.76. The van der Waals surface area contributed by atoms with E-state index in [1.807, 2.05) is 0 Å². The first-order valence-electron chi connectivity index (χ1n) is 6.00. The smallest absolute Gasteiger partial charge is 0.00450 e. The van der Waals surface area contributed by atoms with Gasteiger partial charge < -0.3 is 15.5 Å². The lowest BCUT2D eigenvalue weighted by atomic mass is 9.92. The summed E-state index contributed by atoms with van der Waals surface area (Å²) in [6, 6.07) is 0. The third-order valence-corrected chi connectivity index (χ3v) is 3.10. The molecule has 0 amide bonds. The first-order chi connectivity index (χ1) is 6.93. The van der Waals surface area contributed by atoms with Gasteiger partial charge in [0.25, 0.3) is 0 Å². The molecule has 3 nitrogen and oxygen atoms in total. The van der Waals surface area contributed by atoms with Gasteiger partial charge in [0.05, 0.1) is 0 Å².